The van der Waals surface area contributed by atoms with E-state index in [2.05, 4.69) is 18.9 Å². The molecule has 2 rings (SSSR count). The van der Waals surface area contributed by atoms with Gasteiger partial charge in [0.2, 0.25) is 5.91 Å². The molecule has 1 aromatic carbocycles. The molecule has 1 aliphatic rings. The molecule has 0 saturated carbocycles. The van der Waals surface area contributed by atoms with Crippen LogP contribution in [0.4, 0.5) is 0 Å². The topological polar surface area (TPSA) is 52.9 Å². The number of hydrogen-bond acceptors (Lipinski definition) is 3. The molecule has 1 N–H and O–H groups in total. The zero-order chi connectivity index (χ0) is 13.3. The Balaban J connectivity index is 2.32. The lowest BCUT2D eigenvalue weighted by Crippen LogP contribution is -2.51. The highest BCUT2D eigenvalue weighted by molar-refractivity contribution is 6.67. The van der Waals surface area contributed by atoms with Crippen LogP contribution < -0.4 is 5.46 Å². The average Bonchev–Trinajstić information content (AvgIpc) is 2.27. The molecule has 18 heavy (non-hydrogen) atoms. The van der Waals surface area contributed by atoms with Crippen molar-refractivity contribution < 1.29 is 9.82 Å². The molecule has 94 valence electrons. The molecule has 0 unspecified atom stereocenters. The molecule has 0 bridgehead atoms. The second-order valence-corrected chi connectivity index (χ2v) is 5.04. The normalized spacial score (nSPS) is 14.1. The van der Waals surface area contributed by atoms with Crippen molar-refractivity contribution in [3.63, 3.8) is 0 Å². The van der Waals surface area contributed by atoms with E-state index in [9.17, 15) is 9.82 Å². The number of benzene rings is 1. The van der Waals surface area contributed by atoms with Gasteiger partial charge in [-0.2, -0.15) is 5.10 Å². The zero-order valence-corrected chi connectivity index (χ0v) is 10.9. The van der Waals surface area contributed by atoms with E-state index in [1.807, 2.05) is 18.2 Å². The second kappa shape index (κ2) is 4.94. The minimum Gasteiger partial charge on any atom is -0.427 e. The van der Waals surface area contributed by atoms with Crippen LogP contribution in [0, 0.1) is 5.92 Å². The maximum Gasteiger partial charge on any atom is 0.474 e. The summed E-state index contributed by atoms with van der Waals surface area (Å²) >= 11 is 0. The minimum absolute atomic E-state index is 0.268. The molecule has 0 radical (unpaired) electrons. The van der Waals surface area contributed by atoms with Crippen molar-refractivity contribution in [2.75, 3.05) is 0 Å². The Bertz CT molecular complexity index is 500. The predicted octanol–water partition coefficient (Wildman–Crippen LogP) is 0.769. The third-order valence-electron chi connectivity index (χ3n) is 2.95. The highest BCUT2D eigenvalue weighted by Gasteiger charge is 2.31. The van der Waals surface area contributed by atoms with Crippen molar-refractivity contribution in [1.82, 2.24) is 4.92 Å². The molecule has 0 aliphatic carbocycles. The van der Waals surface area contributed by atoms with E-state index in [1.165, 1.54) is 12.5 Å². The molecule has 0 saturated heterocycles. The van der Waals surface area contributed by atoms with Crippen LogP contribution in [0.1, 0.15) is 31.9 Å². The Hall–Kier alpha value is -1.62. The number of hydrazone groups is 1. The molecule has 4 nitrogen and oxygen atoms in total. The van der Waals surface area contributed by atoms with E-state index >= 15 is 0 Å². The summed E-state index contributed by atoms with van der Waals surface area (Å²) in [6, 6.07) is 5.90. The smallest absolute Gasteiger partial charge is 0.427 e. The van der Waals surface area contributed by atoms with Crippen LogP contribution in [-0.4, -0.2) is 29.1 Å². The summed E-state index contributed by atoms with van der Waals surface area (Å²) in [5, 5.41) is 14.0. The summed E-state index contributed by atoms with van der Waals surface area (Å²) in [6.07, 6.45) is 2.63. The van der Waals surface area contributed by atoms with Gasteiger partial charge in [0.1, 0.15) is 0 Å². The van der Waals surface area contributed by atoms with E-state index < -0.39 is 7.05 Å². The largest absolute Gasteiger partial charge is 0.474 e. The van der Waals surface area contributed by atoms with Gasteiger partial charge in [-0.15, -0.1) is 0 Å². The van der Waals surface area contributed by atoms with Crippen molar-refractivity contribution in [2.45, 2.75) is 27.2 Å². The first-order chi connectivity index (χ1) is 8.49. The fourth-order valence-corrected chi connectivity index (χ4v) is 2.14. The SMILES string of the molecule is CC(=O)N1N=Cc2cc(CC(C)C)ccc2B1O. The molecule has 0 atom stereocenters. The third-order valence-corrected chi connectivity index (χ3v) is 2.95. The number of carbonyl (C=O) groups excluding carboxylic acids is 1. The monoisotopic (exact) mass is 244 g/mol. The van der Waals surface area contributed by atoms with Crippen LogP contribution in [0.3, 0.4) is 0 Å². The van der Waals surface area contributed by atoms with Gasteiger partial charge in [0.05, 0.1) is 6.21 Å². The van der Waals surface area contributed by atoms with Crippen molar-refractivity contribution in [1.29, 1.82) is 0 Å². The van der Waals surface area contributed by atoms with E-state index in [0.29, 0.717) is 5.92 Å². The van der Waals surface area contributed by atoms with Gasteiger partial charge in [-0.05, 0) is 28.9 Å². The number of carbonyl (C=O) groups is 1. The molecule has 0 aromatic heterocycles. The Morgan fingerprint density at radius 1 is 1.50 bits per heavy atom. The lowest BCUT2D eigenvalue weighted by Gasteiger charge is -2.24. The van der Waals surface area contributed by atoms with Crippen molar-refractivity contribution in [3.05, 3.63) is 29.3 Å². The molecule has 0 spiro atoms. The highest BCUT2D eigenvalue weighted by Crippen LogP contribution is 2.12. The predicted molar refractivity (Wildman–Crippen MR) is 72.7 cm³/mol. The van der Waals surface area contributed by atoms with Gasteiger partial charge in [-0.3, -0.25) is 4.79 Å². The van der Waals surface area contributed by atoms with Gasteiger partial charge in [0.15, 0.2) is 0 Å². The second-order valence-electron chi connectivity index (χ2n) is 5.04. The first-order valence-electron chi connectivity index (χ1n) is 6.13. The Morgan fingerprint density at radius 3 is 2.83 bits per heavy atom. The van der Waals surface area contributed by atoms with Crippen LogP contribution in [0.2, 0.25) is 0 Å². The van der Waals surface area contributed by atoms with Crippen LogP contribution in [0.15, 0.2) is 23.3 Å². The molecule has 1 aliphatic heterocycles. The summed E-state index contributed by atoms with van der Waals surface area (Å²) < 4.78 is 0. The molecule has 0 fully saturated rings. The maximum atomic E-state index is 11.3. The summed E-state index contributed by atoms with van der Waals surface area (Å²) in [4.78, 5) is 12.4. The van der Waals surface area contributed by atoms with Gasteiger partial charge in [-0.25, -0.2) is 4.92 Å². The first-order valence-corrected chi connectivity index (χ1v) is 6.13. The molecule has 1 heterocycles. The number of rotatable bonds is 2. The molecule has 1 amide bonds. The van der Waals surface area contributed by atoms with Crippen LogP contribution in [-0.2, 0) is 11.2 Å². The Kier molecular flexibility index (Phi) is 3.52. The summed E-state index contributed by atoms with van der Waals surface area (Å²) in [5.74, 6) is 0.317. The molecule has 5 heteroatoms. The highest BCUT2D eigenvalue weighted by atomic mass is 16.2. The summed E-state index contributed by atoms with van der Waals surface area (Å²) in [7, 11) is -0.976. The van der Waals surface area contributed by atoms with Gasteiger partial charge in [-0.1, -0.05) is 32.0 Å². The number of hydrogen-bond donors (Lipinski definition) is 1. The Morgan fingerprint density at radius 2 is 2.22 bits per heavy atom. The lowest BCUT2D eigenvalue weighted by atomic mass is 9.69. The maximum absolute atomic E-state index is 11.3. The number of nitrogens with zero attached hydrogens (tertiary/aromatic N) is 2. The van der Waals surface area contributed by atoms with Gasteiger partial charge < -0.3 is 5.02 Å². The standard InChI is InChI=1S/C13H17BN2O2/c1-9(2)6-11-4-5-13-12(7-11)8-15-16(10(3)17)14(13)18/h4-5,7-9,18H,6H2,1-3H3. The van der Waals surface area contributed by atoms with E-state index in [0.717, 1.165) is 22.4 Å². The van der Waals surface area contributed by atoms with Gasteiger partial charge >= 0.3 is 7.05 Å². The summed E-state index contributed by atoms with van der Waals surface area (Å²) in [5.41, 5.74) is 2.84. The van der Waals surface area contributed by atoms with E-state index in [-0.39, 0.29) is 5.91 Å². The van der Waals surface area contributed by atoms with E-state index in [1.54, 1.807) is 6.21 Å². The molecule has 1 aromatic rings. The molecular formula is C13H17BN2O2. The van der Waals surface area contributed by atoms with Crippen LogP contribution in [0.25, 0.3) is 0 Å². The fraction of sp³-hybridized carbons (Fsp3) is 0.385. The zero-order valence-electron chi connectivity index (χ0n) is 10.9. The molecular weight excluding hydrogens is 227 g/mol. The van der Waals surface area contributed by atoms with Crippen molar-refractivity contribution in [3.8, 4) is 0 Å². The third kappa shape index (κ3) is 2.46. The van der Waals surface area contributed by atoms with Crippen molar-refractivity contribution in [2.24, 2.45) is 11.0 Å². The Labute approximate surface area is 107 Å². The van der Waals surface area contributed by atoms with Gasteiger partial charge in [0, 0.05) is 6.92 Å². The van der Waals surface area contributed by atoms with Crippen molar-refractivity contribution >= 4 is 24.6 Å². The number of amides is 1. The fourth-order valence-electron chi connectivity index (χ4n) is 2.14. The first kappa shape index (κ1) is 12.8. The van der Waals surface area contributed by atoms with Crippen LogP contribution in [0.5, 0.6) is 0 Å². The van der Waals surface area contributed by atoms with Crippen LogP contribution >= 0.6 is 0 Å². The summed E-state index contributed by atoms with van der Waals surface area (Å²) in [6.45, 7) is 5.72. The quantitative estimate of drug-likeness (QED) is 0.781. The lowest BCUT2D eigenvalue weighted by molar-refractivity contribution is -0.125. The minimum atomic E-state index is -0.976. The van der Waals surface area contributed by atoms with E-state index in [4.69, 9.17) is 0 Å². The average molecular weight is 244 g/mol. The number of fused-ring (bicyclic) bond motifs is 1. The van der Waals surface area contributed by atoms with Gasteiger partial charge in [0.25, 0.3) is 0 Å².